The van der Waals surface area contributed by atoms with Crippen LogP contribution in [0.25, 0.3) is 0 Å². The zero-order chi connectivity index (χ0) is 24.7. The first kappa shape index (κ1) is 23.9. The minimum atomic E-state index is -1.63. The Morgan fingerprint density at radius 3 is 2.57 bits per heavy atom. The maximum atomic E-state index is 15.9. The van der Waals surface area contributed by atoms with Gasteiger partial charge in [-0.15, -0.1) is 0 Å². The van der Waals surface area contributed by atoms with E-state index in [1.807, 2.05) is 0 Å². The number of Topliss-reactive ketones (excluding diaryl/α,β-unsaturated/α-hetero) is 1. The first-order valence-corrected chi connectivity index (χ1v) is 11.8. The summed E-state index contributed by atoms with van der Waals surface area (Å²) in [6.07, 6.45) is 1.67. The Hall–Kier alpha value is -2.84. The molecule has 6 nitrogen and oxygen atoms in total. The highest BCUT2D eigenvalue weighted by atomic mass is 35.5. The van der Waals surface area contributed by atoms with Gasteiger partial charge in [0, 0.05) is 29.0 Å². The number of halogens is 3. The summed E-state index contributed by atoms with van der Waals surface area (Å²) >= 11 is 12.2. The number of benzene rings is 2. The van der Waals surface area contributed by atoms with Gasteiger partial charge >= 0.3 is 0 Å². The number of rotatable bonds is 6. The number of ether oxygens (including phenoxy) is 2. The minimum Gasteiger partial charge on any atom is -0.379 e. The third-order valence-corrected chi connectivity index (χ3v) is 6.74. The highest BCUT2D eigenvalue weighted by Gasteiger charge is 2.55. The minimum absolute atomic E-state index is 0.00965. The number of pyridine rings is 1. The summed E-state index contributed by atoms with van der Waals surface area (Å²) in [6.45, 7) is 2.14. The van der Waals surface area contributed by atoms with E-state index in [4.69, 9.17) is 32.7 Å². The summed E-state index contributed by atoms with van der Waals surface area (Å²) < 4.78 is 28.0. The van der Waals surface area contributed by atoms with Gasteiger partial charge in [0.2, 0.25) is 5.72 Å². The third-order valence-electron chi connectivity index (χ3n) is 6.26. The summed E-state index contributed by atoms with van der Waals surface area (Å²) in [4.78, 5) is 31.7. The first-order valence-electron chi connectivity index (χ1n) is 11.1. The normalized spacial score (nSPS) is 21.4. The molecule has 1 unspecified atom stereocenters. The predicted molar refractivity (Wildman–Crippen MR) is 128 cm³/mol. The number of amides is 1. The van der Waals surface area contributed by atoms with Gasteiger partial charge in [0.15, 0.2) is 5.78 Å². The molecule has 0 radical (unpaired) electrons. The largest absolute Gasteiger partial charge is 0.379 e. The van der Waals surface area contributed by atoms with E-state index in [1.165, 1.54) is 24.1 Å². The quantitative estimate of drug-likeness (QED) is 0.412. The van der Waals surface area contributed by atoms with E-state index in [0.717, 1.165) is 6.07 Å². The fourth-order valence-electron chi connectivity index (χ4n) is 4.61. The Morgan fingerprint density at radius 2 is 1.94 bits per heavy atom. The number of aromatic nitrogens is 1. The number of carbonyl (C=O) groups excluding carboxylic acids is 2. The van der Waals surface area contributed by atoms with Crippen molar-refractivity contribution in [2.45, 2.75) is 31.7 Å². The van der Waals surface area contributed by atoms with Crippen LogP contribution in [0.3, 0.4) is 0 Å². The van der Waals surface area contributed by atoms with Crippen LogP contribution in [-0.2, 0) is 21.7 Å². The second-order valence-electron chi connectivity index (χ2n) is 8.55. The van der Waals surface area contributed by atoms with Gasteiger partial charge in [-0.1, -0.05) is 35.3 Å². The number of hydrogen-bond acceptors (Lipinski definition) is 5. The highest BCUT2D eigenvalue weighted by molar-refractivity contribution is 6.30. The van der Waals surface area contributed by atoms with Crippen LogP contribution in [-0.4, -0.2) is 40.9 Å². The Morgan fingerprint density at radius 1 is 1.20 bits per heavy atom. The lowest BCUT2D eigenvalue weighted by Gasteiger charge is -2.41. The molecule has 5 rings (SSSR count). The molecule has 3 heterocycles. The van der Waals surface area contributed by atoms with E-state index >= 15 is 4.39 Å². The van der Waals surface area contributed by atoms with Crippen LogP contribution in [0, 0.1) is 5.82 Å². The Balaban J connectivity index is 1.76. The maximum absolute atomic E-state index is 15.9. The van der Waals surface area contributed by atoms with E-state index in [2.05, 4.69) is 4.98 Å². The molecule has 0 N–H and O–H groups in total. The van der Waals surface area contributed by atoms with Gasteiger partial charge < -0.3 is 9.47 Å². The molecule has 1 aromatic heterocycles. The average Bonchev–Trinajstić information content (AvgIpc) is 3.42. The summed E-state index contributed by atoms with van der Waals surface area (Å²) in [5.74, 6) is -1.53. The second kappa shape index (κ2) is 9.32. The Labute approximate surface area is 211 Å². The zero-order valence-corrected chi connectivity index (χ0v) is 20.3. The van der Waals surface area contributed by atoms with Crippen molar-refractivity contribution in [1.82, 2.24) is 9.88 Å². The van der Waals surface area contributed by atoms with Crippen molar-refractivity contribution in [1.29, 1.82) is 0 Å². The molecule has 2 atom stereocenters. The molecule has 0 bridgehead atoms. The van der Waals surface area contributed by atoms with Gasteiger partial charge in [0.05, 0.1) is 41.1 Å². The number of carbonyl (C=O) groups is 2. The maximum Gasteiger partial charge on any atom is 0.257 e. The molecule has 0 aliphatic carbocycles. The van der Waals surface area contributed by atoms with Crippen LogP contribution >= 0.6 is 23.2 Å². The molecule has 2 aliphatic heterocycles. The third kappa shape index (κ3) is 4.23. The van der Waals surface area contributed by atoms with Crippen molar-refractivity contribution < 1.29 is 23.5 Å². The monoisotopic (exact) mass is 514 g/mol. The smallest absolute Gasteiger partial charge is 0.257 e. The summed E-state index contributed by atoms with van der Waals surface area (Å²) in [5, 5.41) is 0.932. The molecule has 0 spiro atoms. The molecular formula is C26H21Cl2FN2O4. The fraction of sp³-hybridized carbons (Fsp3) is 0.269. The topological polar surface area (TPSA) is 68.7 Å². The lowest BCUT2D eigenvalue weighted by molar-refractivity contribution is -0.148. The van der Waals surface area contributed by atoms with E-state index in [1.54, 1.807) is 36.4 Å². The molecule has 2 aromatic carbocycles. The Bertz CT molecular complexity index is 1290. The van der Waals surface area contributed by atoms with E-state index in [-0.39, 0.29) is 29.0 Å². The van der Waals surface area contributed by atoms with Crippen molar-refractivity contribution in [3.05, 3.63) is 98.5 Å². The lowest BCUT2D eigenvalue weighted by atomic mass is 9.91. The fourth-order valence-corrected chi connectivity index (χ4v) is 4.84. The van der Waals surface area contributed by atoms with Crippen molar-refractivity contribution in [3.8, 4) is 0 Å². The molecule has 1 saturated heterocycles. The van der Waals surface area contributed by atoms with Gasteiger partial charge in [-0.2, -0.15) is 0 Å². The standard InChI is InChI=1S/C26H21Cl2FN2O4/c1-15(32)16-10-22-24(23(29)11-16)26(35-21-8-9-34-14-21,17-2-4-18(27)5-3-17)31(25(22)33)13-20-7-6-19(28)12-30-20/h2-7,10-12,21H,8-9,13-14H2,1H3/t21-,26?/m0/s1. The zero-order valence-electron chi connectivity index (χ0n) is 18.8. The van der Waals surface area contributed by atoms with Crippen molar-refractivity contribution in [2.75, 3.05) is 13.2 Å². The number of nitrogens with zero attached hydrogens (tertiary/aromatic N) is 2. The van der Waals surface area contributed by atoms with Crippen molar-refractivity contribution >= 4 is 34.9 Å². The predicted octanol–water partition coefficient (Wildman–Crippen LogP) is 5.39. The Kier molecular flexibility index (Phi) is 6.36. The van der Waals surface area contributed by atoms with Crippen molar-refractivity contribution in [3.63, 3.8) is 0 Å². The molecule has 1 amide bonds. The molecule has 180 valence electrons. The number of fused-ring (bicyclic) bond motifs is 1. The van der Waals surface area contributed by atoms with Crippen LogP contribution in [0.1, 0.15) is 50.9 Å². The van der Waals surface area contributed by atoms with E-state index < -0.39 is 23.6 Å². The van der Waals surface area contributed by atoms with Gasteiger partial charge in [-0.05, 0) is 49.7 Å². The molecule has 1 fully saturated rings. The first-order chi connectivity index (χ1) is 16.8. The lowest BCUT2D eigenvalue weighted by Crippen LogP contribution is -2.49. The van der Waals surface area contributed by atoms with Gasteiger partial charge in [-0.25, -0.2) is 4.39 Å². The number of ketones is 1. The van der Waals surface area contributed by atoms with Gasteiger partial charge in [0.1, 0.15) is 5.82 Å². The molecule has 9 heteroatoms. The van der Waals surface area contributed by atoms with Crippen LogP contribution in [0.2, 0.25) is 10.0 Å². The summed E-state index contributed by atoms with van der Waals surface area (Å²) in [5.41, 5.74) is -0.350. The second-order valence-corrected chi connectivity index (χ2v) is 9.42. The summed E-state index contributed by atoms with van der Waals surface area (Å²) in [7, 11) is 0. The van der Waals surface area contributed by atoms with Crippen LogP contribution in [0.15, 0.2) is 54.7 Å². The highest BCUT2D eigenvalue weighted by Crippen LogP contribution is 2.49. The summed E-state index contributed by atoms with van der Waals surface area (Å²) in [6, 6.07) is 12.7. The van der Waals surface area contributed by atoms with Gasteiger partial charge in [0.25, 0.3) is 5.91 Å². The van der Waals surface area contributed by atoms with E-state index in [9.17, 15) is 9.59 Å². The molecule has 35 heavy (non-hydrogen) atoms. The van der Waals surface area contributed by atoms with Crippen LogP contribution in [0.5, 0.6) is 0 Å². The number of hydrogen-bond donors (Lipinski definition) is 0. The molecule has 3 aromatic rings. The molecule has 0 saturated carbocycles. The average molecular weight is 515 g/mol. The van der Waals surface area contributed by atoms with E-state index in [0.29, 0.717) is 40.9 Å². The van der Waals surface area contributed by atoms with Gasteiger partial charge in [-0.3, -0.25) is 19.5 Å². The SMILES string of the molecule is CC(=O)c1cc(F)c2c(c1)C(=O)N(Cc1ccc(Cl)cn1)C2(O[C@H]1CCOC1)c1ccc(Cl)cc1. The van der Waals surface area contributed by atoms with Crippen molar-refractivity contribution in [2.24, 2.45) is 0 Å². The van der Waals surface area contributed by atoms with Crippen LogP contribution < -0.4 is 0 Å². The van der Waals surface area contributed by atoms with Crippen LogP contribution in [0.4, 0.5) is 4.39 Å². The molecule has 2 aliphatic rings. The molecular weight excluding hydrogens is 494 g/mol.